The number of benzene rings is 1. The molecule has 0 amide bonds. The molecule has 12 nitrogen and oxygen atoms in total. The molecule has 12 heteroatoms. The van der Waals surface area contributed by atoms with Crippen molar-refractivity contribution in [3.63, 3.8) is 0 Å². The fourth-order valence-corrected chi connectivity index (χ4v) is 3.05. The molecule has 4 aromatic rings. The minimum absolute atomic E-state index is 0.0918. The van der Waals surface area contributed by atoms with Gasteiger partial charge in [-0.25, -0.2) is 4.98 Å². The first-order valence-corrected chi connectivity index (χ1v) is 10.7. The number of hydrogen-bond acceptors (Lipinski definition) is 11. The molecule has 0 spiro atoms. The Morgan fingerprint density at radius 2 is 1.44 bits per heavy atom. The van der Waals surface area contributed by atoms with Gasteiger partial charge in [0.2, 0.25) is 11.8 Å². The highest BCUT2D eigenvalue weighted by molar-refractivity contribution is 5.51. The van der Waals surface area contributed by atoms with E-state index < -0.39 is 0 Å². The molecule has 186 valence electrons. The Balaban J connectivity index is 1.53. The van der Waals surface area contributed by atoms with E-state index in [0.717, 1.165) is 5.56 Å². The van der Waals surface area contributed by atoms with E-state index in [4.69, 9.17) is 28.4 Å². The predicted octanol–water partition coefficient (Wildman–Crippen LogP) is 3.31. The van der Waals surface area contributed by atoms with Gasteiger partial charge in [0, 0.05) is 23.3 Å². The lowest BCUT2D eigenvalue weighted by Crippen LogP contribution is -2.14. The monoisotopic (exact) mass is 493 g/mol. The molecule has 0 unspecified atom stereocenters. The zero-order chi connectivity index (χ0) is 25.3. The molecule has 0 atom stereocenters. The van der Waals surface area contributed by atoms with Crippen molar-refractivity contribution in [2.45, 2.75) is 6.54 Å². The molecule has 0 aliphatic carbocycles. The van der Waals surface area contributed by atoms with Gasteiger partial charge in [0.05, 0.1) is 34.5 Å². The van der Waals surface area contributed by atoms with Crippen LogP contribution in [-0.4, -0.2) is 48.4 Å². The van der Waals surface area contributed by atoms with Crippen LogP contribution >= 0.6 is 0 Å². The normalized spacial score (nSPS) is 10.3. The van der Waals surface area contributed by atoms with Crippen LogP contribution in [0, 0.1) is 0 Å². The number of ether oxygens (including phenoxy) is 6. The SMILES string of the molecule is COc1cc(OC)nc(Oc2ccccc2CNc2ncccc2Oc2nc(OC)cc(OC)[nH+]2)n1. The number of rotatable bonds is 11. The van der Waals surface area contributed by atoms with E-state index in [1.807, 2.05) is 24.3 Å². The fraction of sp³-hybridized carbons (Fsp3) is 0.208. The van der Waals surface area contributed by atoms with Crippen LogP contribution in [0.15, 0.2) is 54.7 Å². The van der Waals surface area contributed by atoms with E-state index >= 15 is 0 Å². The first-order chi connectivity index (χ1) is 17.6. The van der Waals surface area contributed by atoms with Gasteiger partial charge in [0.1, 0.15) is 11.8 Å². The summed E-state index contributed by atoms with van der Waals surface area (Å²) in [5.74, 6) is 2.88. The molecule has 0 bridgehead atoms. The van der Waals surface area contributed by atoms with E-state index in [-0.39, 0.29) is 12.0 Å². The third-order valence-corrected chi connectivity index (χ3v) is 4.80. The van der Waals surface area contributed by atoms with E-state index in [0.29, 0.717) is 47.4 Å². The summed E-state index contributed by atoms with van der Waals surface area (Å²) in [6.07, 6.45) is 1.65. The first-order valence-electron chi connectivity index (χ1n) is 10.7. The van der Waals surface area contributed by atoms with Gasteiger partial charge in [0.15, 0.2) is 11.6 Å². The molecule has 0 saturated heterocycles. The molecule has 0 saturated carbocycles. The van der Waals surface area contributed by atoms with Crippen molar-refractivity contribution in [1.82, 2.24) is 19.9 Å². The molecule has 3 aromatic heterocycles. The first kappa shape index (κ1) is 24.3. The van der Waals surface area contributed by atoms with Gasteiger partial charge in [0.25, 0.3) is 5.88 Å². The maximum atomic E-state index is 5.94. The molecule has 1 aromatic carbocycles. The Hall–Kier alpha value is -4.87. The Bertz CT molecular complexity index is 1180. The van der Waals surface area contributed by atoms with Crippen molar-refractivity contribution in [3.05, 3.63) is 60.3 Å². The zero-order valence-electron chi connectivity index (χ0n) is 20.1. The second-order valence-electron chi connectivity index (χ2n) is 7.05. The smallest absolute Gasteiger partial charge is 0.481 e. The van der Waals surface area contributed by atoms with Crippen molar-refractivity contribution < 1.29 is 33.4 Å². The Morgan fingerprint density at radius 3 is 2.17 bits per heavy atom. The lowest BCUT2D eigenvalue weighted by atomic mass is 10.2. The van der Waals surface area contributed by atoms with Crippen molar-refractivity contribution in [1.29, 1.82) is 0 Å². The molecule has 3 heterocycles. The van der Waals surface area contributed by atoms with E-state index in [2.05, 4.69) is 30.2 Å². The minimum Gasteiger partial charge on any atom is -0.481 e. The van der Waals surface area contributed by atoms with Crippen LogP contribution in [-0.2, 0) is 6.54 Å². The highest BCUT2D eigenvalue weighted by Gasteiger charge is 2.19. The van der Waals surface area contributed by atoms with Crippen molar-refractivity contribution in [3.8, 4) is 47.0 Å². The van der Waals surface area contributed by atoms with Gasteiger partial charge in [-0.2, -0.15) is 15.0 Å². The third kappa shape index (κ3) is 5.97. The molecule has 0 radical (unpaired) electrons. The van der Waals surface area contributed by atoms with E-state index in [9.17, 15) is 0 Å². The number of methoxy groups -OCH3 is 4. The maximum absolute atomic E-state index is 5.94. The fourth-order valence-electron chi connectivity index (χ4n) is 3.05. The van der Waals surface area contributed by atoms with Crippen LogP contribution in [0.2, 0.25) is 0 Å². The summed E-state index contributed by atoms with van der Waals surface area (Å²) < 4.78 is 32.7. The summed E-state index contributed by atoms with van der Waals surface area (Å²) in [4.78, 5) is 20.0. The largest absolute Gasteiger partial charge is 0.508 e. The number of anilines is 1. The average molecular weight is 494 g/mol. The van der Waals surface area contributed by atoms with Crippen LogP contribution < -0.4 is 38.7 Å². The number of pyridine rings is 1. The number of aromatic nitrogens is 5. The van der Waals surface area contributed by atoms with Crippen LogP contribution in [0.25, 0.3) is 0 Å². The summed E-state index contributed by atoms with van der Waals surface area (Å²) in [6, 6.07) is 14.4. The number of H-pyrrole nitrogens is 1. The molecular formula is C24H25N6O6+. The Morgan fingerprint density at radius 1 is 0.750 bits per heavy atom. The summed E-state index contributed by atoms with van der Waals surface area (Å²) in [5, 5.41) is 3.27. The van der Waals surface area contributed by atoms with Gasteiger partial charge in [-0.1, -0.05) is 18.2 Å². The molecule has 36 heavy (non-hydrogen) atoms. The van der Waals surface area contributed by atoms with Gasteiger partial charge >= 0.3 is 17.9 Å². The number of nitrogens with zero attached hydrogens (tertiary/aromatic N) is 4. The summed E-state index contributed by atoms with van der Waals surface area (Å²) in [6.45, 7) is 0.364. The second-order valence-corrected chi connectivity index (χ2v) is 7.05. The molecule has 4 rings (SSSR count). The molecule has 0 aliphatic heterocycles. The summed E-state index contributed by atoms with van der Waals surface area (Å²) in [5.41, 5.74) is 0.826. The number of nitrogens with one attached hydrogen (secondary N) is 2. The number of hydrogen-bond donors (Lipinski definition) is 1. The minimum atomic E-state index is 0.0918. The van der Waals surface area contributed by atoms with Gasteiger partial charge in [-0.05, 0) is 18.2 Å². The quantitative estimate of drug-likeness (QED) is 0.330. The lowest BCUT2D eigenvalue weighted by Gasteiger charge is -2.13. The van der Waals surface area contributed by atoms with Gasteiger partial charge in [-0.3, -0.25) is 0 Å². The molecule has 0 fully saturated rings. The Labute approximate surface area is 207 Å². The van der Waals surface area contributed by atoms with Crippen LogP contribution in [0.5, 0.6) is 47.0 Å². The average Bonchev–Trinajstić information content (AvgIpc) is 2.92. The standard InChI is InChI=1S/C24H24N6O6/c1-31-18-12-19(32-2)28-23(27-18)35-16-9-6-5-8-15(16)14-26-22-17(10-7-11-25-22)36-24-29-20(33-3)13-21(30-24)34-4/h5-13H,14H2,1-4H3,(H,25,26)/p+1. The molecular weight excluding hydrogens is 468 g/mol. The van der Waals surface area contributed by atoms with Crippen LogP contribution in [0.4, 0.5) is 5.82 Å². The Kier molecular flexibility index (Phi) is 7.76. The van der Waals surface area contributed by atoms with E-state index in [1.54, 1.807) is 30.5 Å². The van der Waals surface area contributed by atoms with Crippen molar-refractivity contribution in [2.24, 2.45) is 0 Å². The highest BCUT2D eigenvalue weighted by atomic mass is 16.5. The topological polar surface area (TPSA) is 133 Å². The van der Waals surface area contributed by atoms with Crippen LogP contribution in [0.1, 0.15) is 5.56 Å². The van der Waals surface area contributed by atoms with E-state index in [1.165, 1.54) is 28.4 Å². The summed E-state index contributed by atoms with van der Waals surface area (Å²) in [7, 11) is 6.04. The third-order valence-electron chi connectivity index (χ3n) is 4.80. The predicted molar refractivity (Wildman–Crippen MR) is 127 cm³/mol. The molecule has 2 N–H and O–H groups in total. The zero-order valence-corrected chi connectivity index (χ0v) is 20.1. The number of aromatic amines is 1. The van der Waals surface area contributed by atoms with Crippen molar-refractivity contribution >= 4 is 5.82 Å². The lowest BCUT2D eigenvalue weighted by molar-refractivity contribution is -0.409. The second kappa shape index (κ2) is 11.5. The summed E-state index contributed by atoms with van der Waals surface area (Å²) >= 11 is 0. The van der Waals surface area contributed by atoms with Gasteiger partial charge in [-0.15, -0.1) is 0 Å². The van der Waals surface area contributed by atoms with Gasteiger partial charge < -0.3 is 33.7 Å². The number of para-hydroxylation sites is 1. The maximum Gasteiger partial charge on any atom is 0.508 e. The van der Waals surface area contributed by atoms with Crippen LogP contribution in [0.3, 0.4) is 0 Å². The van der Waals surface area contributed by atoms with Crippen molar-refractivity contribution in [2.75, 3.05) is 33.8 Å². The molecule has 0 aliphatic rings. The highest BCUT2D eigenvalue weighted by Crippen LogP contribution is 2.29.